The normalized spacial score (nSPS) is 21.6. The van der Waals surface area contributed by atoms with Crippen molar-refractivity contribution in [2.75, 3.05) is 6.61 Å². The second kappa shape index (κ2) is 7.07. The molecule has 0 saturated heterocycles. The Morgan fingerprint density at radius 2 is 2.00 bits per heavy atom. The molecule has 0 bridgehead atoms. The molecule has 0 heterocycles. The van der Waals surface area contributed by atoms with Crippen molar-refractivity contribution in [1.82, 2.24) is 0 Å². The molecule has 1 aliphatic carbocycles. The predicted octanol–water partition coefficient (Wildman–Crippen LogP) is 4.41. The Kier molecular flexibility index (Phi) is 6.06. The maximum atomic E-state index is 6.07. The average Bonchev–Trinajstić information content (AvgIpc) is 2.14. The van der Waals surface area contributed by atoms with Gasteiger partial charge >= 0.3 is 0 Å². The van der Waals surface area contributed by atoms with Crippen LogP contribution in [-0.2, 0) is 4.74 Å². The smallest absolute Gasteiger partial charge is 0.0763 e. The topological polar surface area (TPSA) is 9.23 Å². The lowest BCUT2D eigenvalue weighted by atomic mass is 9.85. The maximum absolute atomic E-state index is 6.07. The summed E-state index contributed by atoms with van der Waals surface area (Å²) in [7, 11) is 0. The van der Waals surface area contributed by atoms with Crippen molar-refractivity contribution >= 4 is 0 Å². The molecular formula is C16H28O. The molecule has 98 valence electrons. The van der Waals surface area contributed by atoms with E-state index < -0.39 is 0 Å². The van der Waals surface area contributed by atoms with Crippen molar-refractivity contribution in [1.29, 1.82) is 0 Å². The zero-order valence-corrected chi connectivity index (χ0v) is 12.0. The first-order valence-corrected chi connectivity index (χ1v) is 7.14. The van der Waals surface area contributed by atoms with Gasteiger partial charge in [-0.05, 0) is 39.0 Å². The first-order chi connectivity index (χ1) is 8.02. The van der Waals surface area contributed by atoms with Gasteiger partial charge in [-0.25, -0.2) is 0 Å². The van der Waals surface area contributed by atoms with E-state index in [1.807, 2.05) is 0 Å². The van der Waals surface area contributed by atoms with E-state index >= 15 is 0 Å². The molecule has 0 radical (unpaired) electrons. The number of hydrogen-bond donors (Lipinski definition) is 0. The van der Waals surface area contributed by atoms with E-state index in [0.717, 1.165) is 19.4 Å². The maximum Gasteiger partial charge on any atom is 0.0763 e. The van der Waals surface area contributed by atoms with E-state index in [-0.39, 0.29) is 5.60 Å². The van der Waals surface area contributed by atoms with Gasteiger partial charge < -0.3 is 4.74 Å². The van der Waals surface area contributed by atoms with Crippen LogP contribution in [-0.4, -0.2) is 12.2 Å². The first-order valence-electron chi connectivity index (χ1n) is 7.14. The average molecular weight is 236 g/mol. The van der Waals surface area contributed by atoms with Crippen LogP contribution in [0.15, 0.2) is 0 Å². The second-order valence-corrected chi connectivity index (χ2v) is 6.11. The highest BCUT2D eigenvalue weighted by atomic mass is 16.5. The summed E-state index contributed by atoms with van der Waals surface area (Å²) in [4.78, 5) is 0. The van der Waals surface area contributed by atoms with Crippen LogP contribution in [0.3, 0.4) is 0 Å². The molecule has 1 heteroatoms. The minimum atomic E-state index is -0.0841. The van der Waals surface area contributed by atoms with Crippen LogP contribution in [0.4, 0.5) is 0 Å². The van der Waals surface area contributed by atoms with Crippen LogP contribution in [0.25, 0.3) is 0 Å². The van der Waals surface area contributed by atoms with Crippen molar-refractivity contribution in [3.05, 3.63) is 0 Å². The van der Waals surface area contributed by atoms with Gasteiger partial charge in [-0.1, -0.05) is 32.6 Å². The zero-order valence-electron chi connectivity index (χ0n) is 12.0. The van der Waals surface area contributed by atoms with E-state index in [0.29, 0.717) is 11.8 Å². The summed E-state index contributed by atoms with van der Waals surface area (Å²) in [6.07, 6.45) is 7.31. The lowest BCUT2D eigenvalue weighted by Gasteiger charge is -2.32. The summed E-state index contributed by atoms with van der Waals surface area (Å²) < 4.78 is 6.07. The van der Waals surface area contributed by atoms with Crippen LogP contribution in [0.2, 0.25) is 0 Å². The highest BCUT2D eigenvalue weighted by Crippen LogP contribution is 2.27. The van der Waals surface area contributed by atoms with Gasteiger partial charge in [-0.3, -0.25) is 0 Å². The molecule has 1 rings (SSSR count). The molecule has 0 spiro atoms. The molecule has 17 heavy (non-hydrogen) atoms. The van der Waals surface area contributed by atoms with Gasteiger partial charge in [0.05, 0.1) is 5.60 Å². The van der Waals surface area contributed by atoms with E-state index in [1.165, 1.54) is 25.7 Å². The van der Waals surface area contributed by atoms with Crippen molar-refractivity contribution in [2.45, 2.75) is 71.8 Å². The van der Waals surface area contributed by atoms with Crippen LogP contribution in [0, 0.1) is 23.7 Å². The Balaban J connectivity index is 2.48. The Morgan fingerprint density at radius 1 is 1.24 bits per heavy atom. The fraction of sp³-hybridized carbons (Fsp3) is 0.875. The summed E-state index contributed by atoms with van der Waals surface area (Å²) in [5.41, 5.74) is -0.0841. The molecule has 0 aromatic rings. The Morgan fingerprint density at radius 3 is 2.71 bits per heavy atom. The van der Waals surface area contributed by atoms with Gasteiger partial charge in [-0.2, -0.15) is 0 Å². The van der Waals surface area contributed by atoms with E-state index in [2.05, 4.69) is 39.5 Å². The molecule has 1 nitrogen and oxygen atoms in total. The minimum absolute atomic E-state index is 0.0841. The largest absolute Gasteiger partial charge is 0.374 e. The third-order valence-corrected chi connectivity index (χ3v) is 3.58. The van der Waals surface area contributed by atoms with Crippen LogP contribution in [0.1, 0.15) is 66.2 Å². The van der Waals surface area contributed by atoms with E-state index in [4.69, 9.17) is 4.74 Å². The third kappa shape index (κ3) is 5.59. The van der Waals surface area contributed by atoms with Gasteiger partial charge in [0.1, 0.15) is 0 Å². The fourth-order valence-electron chi connectivity index (χ4n) is 2.19. The molecule has 0 saturated carbocycles. The summed E-state index contributed by atoms with van der Waals surface area (Å²) >= 11 is 0. The molecule has 1 unspecified atom stereocenters. The molecule has 0 amide bonds. The number of rotatable bonds is 5. The quantitative estimate of drug-likeness (QED) is 0.642. The summed E-state index contributed by atoms with van der Waals surface area (Å²) in [5, 5.41) is 0. The molecule has 1 atom stereocenters. The van der Waals surface area contributed by atoms with Crippen molar-refractivity contribution in [2.24, 2.45) is 11.8 Å². The lowest BCUT2D eigenvalue weighted by molar-refractivity contribution is -0.0506. The van der Waals surface area contributed by atoms with Crippen LogP contribution >= 0.6 is 0 Å². The van der Waals surface area contributed by atoms with Crippen LogP contribution in [0.5, 0.6) is 0 Å². The van der Waals surface area contributed by atoms with Crippen molar-refractivity contribution in [3.8, 4) is 11.8 Å². The molecule has 0 fully saturated rings. The molecule has 1 aliphatic rings. The van der Waals surface area contributed by atoms with Gasteiger partial charge in [0.25, 0.3) is 0 Å². The second-order valence-electron chi connectivity index (χ2n) is 6.11. The molecular weight excluding hydrogens is 208 g/mol. The van der Waals surface area contributed by atoms with Gasteiger partial charge in [0, 0.05) is 18.9 Å². The fourth-order valence-corrected chi connectivity index (χ4v) is 2.19. The molecule has 0 aliphatic heterocycles. The van der Waals surface area contributed by atoms with Crippen LogP contribution < -0.4 is 0 Å². The van der Waals surface area contributed by atoms with Gasteiger partial charge in [0.15, 0.2) is 0 Å². The Bertz CT molecular complexity index is 267. The zero-order chi connectivity index (χ0) is 12.7. The molecule has 0 aromatic heterocycles. The van der Waals surface area contributed by atoms with E-state index in [1.54, 1.807) is 0 Å². The predicted molar refractivity (Wildman–Crippen MR) is 73.8 cm³/mol. The molecule has 0 aromatic carbocycles. The number of hydrogen-bond acceptors (Lipinski definition) is 1. The number of ether oxygens (including phenoxy) is 1. The summed E-state index contributed by atoms with van der Waals surface area (Å²) in [6.45, 7) is 9.75. The summed E-state index contributed by atoms with van der Waals surface area (Å²) in [5.74, 6) is 7.87. The monoisotopic (exact) mass is 236 g/mol. The van der Waals surface area contributed by atoms with E-state index in [9.17, 15) is 0 Å². The first kappa shape index (κ1) is 14.6. The third-order valence-electron chi connectivity index (χ3n) is 3.58. The highest BCUT2D eigenvalue weighted by molar-refractivity contribution is 5.09. The van der Waals surface area contributed by atoms with Crippen molar-refractivity contribution < 1.29 is 4.74 Å². The van der Waals surface area contributed by atoms with Gasteiger partial charge in [0.2, 0.25) is 0 Å². The minimum Gasteiger partial charge on any atom is -0.374 e. The summed E-state index contributed by atoms with van der Waals surface area (Å²) in [6, 6.07) is 0. The Labute approximate surface area is 107 Å². The molecule has 0 N–H and O–H groups in total. The highest BCUT2D eigenvalue weighted by Gasteiger charge is 2.28. The van der Waals surface area contributed by atoms with Gasteiger partial charge in [-0.15, -0.1) is 5.92 Å². The standard InChI is InChI=1S/C16H28O/c1-14(2)12-13-17-16(3,4)15-10-8-6-5-7-9-11-15/h14-15H,5-8,10,12-13H2,1-4H3. The van der Waals surface area contributed by atoms with Crippen molar-refractivity contribution in [3.63, 3.8) is 0 Å². The SMILES string of the molecule is CC(C)CCOC(C)(C)C1C#CCCCCC1. The Hall–Kier alpha value is -0.480. The lowest BCUT2D eigenvalue weighted by Crippen LogP contribution is -2.34.